The number of carbonyl (C=O) groups is 1. The number of hydrogen-bond donors (Lipinski definition) is 2. The maximum Gasteiger partial charge on any atom is 0.354 e. The quantitative estimate of drug-likeness (QED) is 0.775. The van der Waals surface area contributed by atoms with Gasteiger partial charge in [-0.05, 0) is 28.7 Å². The summed E-state index contributed by atoms with van der Waals surface area (Å²) in [4.78, 5) is 14.3. The number of hydrogen-bond acceptors (Lipinski definition) is 3. The highest BCUT2D eigenvalue weighted by Gasteiger charge is 2.08. The van der Waals surface area contributed by atoms with Crippen LogP contribution in [0.15, 0.2) is 12.3 Å². The van der Waals surface area contributed by atoms with Gasteiger partial charge in [0.05, 0.1) is 6.20 Å². The van der Waals surface area contributed by atoms with E-state index >= 15 is 0 Å². The maximum atomic E-state index is 10.6. The van der Waals surface area contributed by atoms with Crippen LogP contribution in [0.25, 0.3) is 10.9 Å². The molecule has 0 aliphatic rings. The van der Waals surface area contributed by atoms with Gasteiger partial charge in [-0.15, -0.1) is 0 Å². The first-order valence-corrected chi connectivity index (χ1v) is 4.49. The number of rotatable bonds is 1. The topological polar surface area (TPSA) is 78.9 Å². The van der Waals surface area contributed by atoms with Gasteiger partial charge >= 0.3 is 5.97 Å². The van der Waals surface area contributed by atoms with Gasteiger partial charge in [-0.2, -0.15) is 5.10 Å². The van der Waals surface area contributed by atoms with Crippen molar-refractivity contribution >= 4 is 39.5 Å². The number of aromatic carboxylic acids is 1. The fraction of sp³-hybridized carbons (Fsp3) is 0. The van der Waals surface area contributed by atoms with E-state index in [1.54, 1.807) is 0 Å². The highest BCUT2D eigenvalue weighted by molar-refractivity contribution is 14.1. The molecule has 0 radical (unpaired) electrons. The van der Waals surface area contributed by atoms with E-state index in [4.69, 9.17) is 5.11 Å². The van der Waals surface area contributed by atoms with Crippen LogP contribution >= 0.6 is 22.6 Å². The Morgan fingerprint density at radius 3 is 3.08 bits per heavy atom. The predicted molar refractivity (Wildman–Crippen MR) is 53.6 cm³/mol. The largest absolute Gasteiger partial charge is 0.477 e. The molecule has 2 rings (SSSR count). The zero-order valence-electron chi connectivity index (χ0n) is 6.28. The standard InChI is InChI=1S/C7H4IN3O2/c8-6-3-1-4(7(12)13)9-2-5(3)10-11-6/h1-2H,(H,10,11)(H,12,13). The third-order valence-corrected chi connectivity index (χ3v) is 2.44. The molecule has 0 aliphatic heterocycles. The minimum absolute atomic E-state index is 0.0341. The second-order valence-electron chi connectivity index (χ2n) is 2.43. The van der Waals surface area contributed by atoms with Gasteiger partial charge in [0.15, 0.2) is 0 Å². The Hall–Kier alpha value is -1.18. The van der Waals surface area contributed by atoms with Crippen LogP contribution in [0.4, 0.5) is 0 Å². The number of carboxylic acid groups (broad SMARTS) is 1. The molecule has 0 amide bonds. The van der Waals surface area contributed by atoms with E-state index in [2.05, 4.69) is 37.8 Å². The number of pyridine rings is 1. The molecule has 13 heavy (non-hydrogen) atoms. The van der Waals surface area contributed by atoms with Gasteiger partial charge in [-0.25, -0.2) is 9.78 Å². The van der Waals surface area contributed by atoms with Crippen molar-refractivity contribution in [2.24, 2.45) is 0 Å². The summed E-state index contributed by atoms with van der Waals surface area (Å²) in [5.74, 6) is -1.03. The van der Waals surface area contributed by atoms with Crippen molar-refractivity contribution in [1.29, 1.82) is 0 Å². The first-order chi connectivity index (χ1) is 6.18. The second-order valence-corrected chi connectivity index (χ2v) is 3.51. The van der Waals surface area contributed by atoms with Crippen LogP contribution in [0.2, 0.25) is 0 Å². The number of nitrogens with one attached hydrogen (secondary N) is 1. The number of nitrogens with zero attached hydrogens (tertiary/aromatic N) is 2. The van der Waals surface area contributed by atoms with E-state index in [0.717, 1.165) is 9.09 Å². The molecule has 0 saturated carbocycles. The molecule has 0 fully saturated rings. The summed E-state index contributed by atoms with van der Waals surface area (Å²) in [6.45, 7) is 0. The first kappa shape index (κ1) is 8.42. The number of halogens is 1. The molecule has 66 valence electrons. The first-order valence-electron chi connectivity index (χ1n) is 3.41. The molecule has 5 nitrogen and oxygen atoms in total. The van der Waals surface area contributed by atoms with E-state index in [9.17, 15) is 4.79 Å². The minimum Gasteiger partial charge on any atom is -0.477 e. The van der Waals surface area contributed by atoms with Gasteiger partial charge < -0.3 is 5.11 Å². The molecule has 2 aromatic heterocycles. The van der Waals surface area contributed by atoms with Gasteiger partial charge in [0.2, 0.25) is 0 Å². The lowest BCUT2D eigenvalue weighted by atomic mass is 10.3. The van der Waals surface area contributed by atoms with Crippen LogP contribution in [0.5, 0.6) is 0 Å². The van der Waals surface area contributed by atoms with E-state index < -0.39 is 5.97 Å². The number of aromatic amines is 1. The highest BCUT2D eigenvalue weighted by Crippen LogP contribution is 2.17. The SMILES string of the molecule is O=C(O)c1cc2c(I)[nH]nc2cn1. The van der Waals surface area contributed by atoms with Crippen molar-refractivity contribution in [2.45, 2.75) is 0 Å². The molecule has 2 aromatic rings. The molecule has 0 aliphatic carbocycles. The number of carboxylic acids is 1. The molecule has 0 unspecified atom stereocenters. The summed E-state index contributed by atoms with van der Waals surface area (Å²) in [6.07, 6.45) is 1.44. The maximum absolute atomic E-state index is 10.6. The van der Waals surface area contributed by atoms with Gasteiger partial charge in [-0.1, -0.05) is 0 Å². The fourth-order valence-electron chi connectivity index (χ4n) is 1.000. The Kier molecular flexibility index (Phi) is 1.91. The summed E-state index contributed by atoms with van der Waals surface area (Å²) in [7, 11) is 0. The molecule has 0 spiro atoms. The Morgan fingerprint density at radius 2 is 2.38 bits per heavy atom. The van der Waals surface area contributed by atoms with Crippen LogP contribution in [-0.4, -0.2) is 26.3 Å². The lowest BCUT2D eigenvalue weighted by Crippen LogP contribution is -1.98. The Morgan fingerprint density at radius 1 is 1.62 bits per heavy atom. The van der Waals surface area contributed by atoms with Crippen LogP contribution in [0.1, 0.15) is 10.5 Å². The molecule has 0 saturated heterocycles. The second kappa shape index (κ2) is 2.95. The Balaban J connectivity index is 2.72. The normalized spacial score (nSPS) is 10.5. The summed E-state index contributed by atoms with van der Waals surface area (Å²) in [5.41, 5.74) is 0.709. The van der Waals surface area contributed by atoms with E-state index in [1.165, 1.54) is 12.3 Å². The summed E-state index contributed by atoms with van der Waals surface area (Å²) in [6, 6.07) is 1.50. The van der Waals surface area contributed by atoms with Crippen molar-refractivity contribution in [2.75, 3.05) is 0 Å². The minimum atomic E-state index is -1.03. The van der Waals surface area contributed by atoms with E-state index in [0.29, 0.717) is 5.52 Å². The van der Waals surface area contributed by atoms with Gasteiger partial charge in [-0.3, -0.25) is 5.10 Å². The zero-order valence-corrected chi connectivity index (χ0v) is 8.44. The van der Waals surface area contributed by atoms with Crippen molar-refractivity contribution in [1.82, 2.24) is 15.2 Å². The molecule has 0 bridgehead atoms. The monoisotopic (exact) mass is 289 g/mol. The van der Waals surface area contributed by atoms with Crippen LogP contribution in [0.3, 0.4) is 0 Å². The zero-order chi connectivity index (χ0) is 9.42. The Labute approximate surface area is 86.3 Å². The molecule has 2 heterocycles. The van der Waals surface area contributed by atoms with Crippen molar-refractivity contribution in [3.63, 3.8) is 0 Å². The molecular weight excluding hydrogens is 285 g/mol. The van der Waals surface area contributed by atoms with Crippen molar-refractivity contribution in [3.05, 3.63) is 21.7 Å². The lowest BCUT2D eigenvalue weighted by molar-refractivity contribution is 0.0691. The fourth-order valence-corrected chi connectivity index (χ4v) is 1.55. The average Bonchev–Trinajstić information content (AvgIpc) is 2.47. The van der Waals surface area contributed by atoms with Gasteiger partial charge in [0, 0.05) is 5.39 Å². The van der Waals surface area contributed by atoms with Crippen LogP contribution < -0.4 is 0 Å². The van der Waals surface area contributed by atoms with Crippen molar-refractivity contribution in [3.8, 4) is 0 Å². The van der Waals surface area contributed by atoms with Gasteiger partial charge in [0.25, 0.3) is 0 Å². The molecule has 2 N–H and O–H groups in total. The number of H-pyrrole nitrogens is 1. The van der Waals surface area contributed by atoms with Crippen molar-refractivity contribution < 1.29 is 9.90 Å². The number of aromatic nitrogens is 3. The van der Waals surface area contributed by atoms with Crippen LogP contribution in [-0.2, 0) is 0 Å². The molecule has 0 aromatic carbocycles. The molecular formula is C7H4IN3O2. The average molecular weight is 289 g/mol. The van der Waals surface area contributed by atoms with Gasteiger partial charge in [0.1, 0.15) is 14.9 Å². The van der Waals surface area contributed by atoms with Crippen LogP contribution in [0, 0.1) is 3.70 Å². The number of fused-ring (bicyclic) bond motifs is 1. The lowest BCUT2D eigenvalue weighted by Gasteiger charge is -1.92. The Bertz CT molecular complexity index is 480. The summed E-state index contributed by atoms with van der Waals surface area (Å²) < 4.78 is 0.817. The molecule has 0 atom stereocenters. The smallest absolute Gasteiger partial charge is 0.354 e. The van der Waals surface area contributed by atoms with E-state index in [-0.39, 0.29) is 5.69 Å². The highest BCUT2D eigenvalue weighted by atomic mass is 127. The summed E-state index contributed by atoms with van der Waals surface area (Å²) >= 11 is 2.05. The third-order valence-electron chi connectivity index (χ3n) is 1.61. The summed E-state index contributed by atoms with van der Waals surface area (Å²) in [5, 5.41) is 16.1. The van der Waals surface area contributed by atoms with E-state index in [1.807, 2.05) is 0 Å². The molecule has 6 heteroatoms. The predicted octanol–water partition coefficient (Wildman–Crippen LogP) is 1.26. The third kappa shape index (κ3) is 1.37.